The number of amides is 1. The predicted molar refractivity (Wildman–Crippen MR) is 117 cm³/mol. The highest BCUT2D eigenvalue weighted by Crippen LogP contribution is 2.29. The molecule has 7 nitrogen and oxygen atoms in total. The van der Waals surface area contributed by atoms with Crippen LogP contribution in [-0.2, 0) is 17.8 Å². The van der Waals surface area contributed by atoms with Gasteiger partial charge in [0.05, 0.1) is 29.2 Å². The van der Waals surface area contributed by atoms with Crippen LogP contribution in [0.2, 0.25) is 0 Å². The lowest BCUT2D eigenvalue weighted by atomic mass is 10.2. The van der Waals surface area contributed by atoms with E-state index in [1.807, 2.05) is 48.7 Å². The second-order valence-electron chi connectivity index (χ2n) is 6.53. The number of nitrogens with zero attached hydrogens (tertiary/aromatic N) is 3. The van der Waals surface area contributed by atoms with Crippen LogP contribution in [0.4, 0.5) is 0 Å². The molecule has 0 aliphatic heterocycles. The van der Waals surface area contributed by atoms with Gasteiger partial charge in [0.2, 0.25) is 17.6 Å². The van der Waals surface area contributed by atoms with Crippen LogP contribution in [0.1, 0.15) is 22.2 Å². The van der Waals surface area contributed by atoms with Crippen molar-refractivity contribution in [2.75, 3.05) is 7.11 Å². The summed E-state index contributed by atoms with van der Waals surface area (Å²) in [5.41, 5.74) is 1.82. The van der Waals surface area contributed by atoms with Gasteiger partial charge >= 0.3 is 0 Å². The van der Waals surface area contributed by atoms with E-state index in [4.69, 9.17) is 9.26 Å². The van der Waals surface area contributed by atoms with Gasteiger partial charge in [0.15, 0.2) is 0 Å². The van der Waals surface area contributed by atoms with Crippen molar-refractivity contribution in [2.45, 2.75) is 26.3 Å². The summed E-state index contributed by atoms with van der Waals surface area (Å²) in [4.78, 5) is 23.3. The SMILES string of the molecule is COc1ccc(-c2noc(CCC(=O)NCc3ccc(-c4csc(C)n4)s3)n2)cc1. The number of rotatable bonds is 8. The first-order valence-corrected chi connectivity index (χ1v) is 11.1. The maximum atomic E-state index is 12.2. The van der Waals surface area contributed by atoms with E-state index in [1.165, 1.54) is 0 Å². The molecule has 9 heteroatoms. The third kappa shape index (κ3) is 4.92. The molecule has 3 aromatic heterocycles. The maximum Gasteiger partial charge on any atom is 0.227 e. The third-order valence-corrected chi connectivity index (χ3v) is 6.26. The minimum Gasteiger partial charge on any atom is -0.497 e. The molecule has 0 aliphatic rings. The van der Waals surface area contributed by atoms with Crippen molar-refractivity contribution in [3.05, 3.63) is 57.6 Å². The molecule has 30 heavy (non-hydrogen) atoms. The molecule has 0 aliphatic carbocycles. The quantitative estimate of drug-likeness (QED) is 0.434. The number of ether oxygens (including phenoxy) is 1. The van der Waals surface area contributed by atoms with E-state index in [1.54, 1.807) is 29.8 Å². The van der Waals surface area contributed by atoms with E-state index in [9.17, 15) is 4.79 Å². The topological polar surface area (TPSA) is 90.1 Å². The van der Waals surface area contributed by atoms with Crippen LogP contribution in [-0.4, -0.2) is 28.1 Å². The normalized spacial score (nSPS) is 10.9. The van der Waals surface area contributed by atoms with E-state index >= 15 is 0 Å². The van der Waals surface area contributed by atoms with Gasteiger partial charge in [-0.05, 0) is 43.3 Å². The Bertz CT molecular complexity index is 1130. The van der Waals surface area contributed by atoms with Gasteiger partial charge in [0.1, 0.15) is 5.75 Å². The molecule has 3 heterocycles. The Balaban J connectivity index is 1.26. The highest BCUT2D eigenvalue weighted by Gasteiger charge is 2.12. The number of thiazole rings is 1. The molecule has 0 bridgehead atoms. The largest absolute Gasteiger partial charge is 0.497 e. The summed E-state index contributed by atoms with van der Waals surface area (Å²) < 4.78 is 10.4. The zero-order chi connectivity index (χ0) is 20.9. The van der Waals surface area contributed by atoms with Crippen molar-refractivity contribution in [3.63, 3.8) is 0 Å². The Morgan fingerprint density at radius 2 is 2.00 bits per heavy atom. The van der Waals surface area contributed by atoms with Crippen molar-refractivity contribution in [1.82, 2.24) is 20.4 Å². The fraction of sp³-hybridized carbons (Fsp3) is 0.238. The smallest absolute Gasteiger partial charge is 0.227 e. The molecule has 0 saturated carbocycles. The second-order valence-corrected chi connectivity index (χ2v) is 8.77. The summed E-state index contributed by atoms with van der Waals surface area (Å²) in [5.74, 6) is 1.64. The fourth-order valence-electron chi connectivity index (χ4n) is 2.80. The highest BCUT2D eigenvalue weighted by molar-refractivity contribution is 7.16. The summed E-state index contributed by atoms with van der Waals surface area (Å²) in [6.07, 6.45) is 0.677. The van der Waals surface area contributed by atoms with Crippen molar-refractivity contribution in [3.8, 4) is 27.7 Å². The summed E-state index contributed by atoms with van der Waals surface area (Å²) in [6.45, 7) is 2.49. The molecular formula is C21H20N4O3S2. The predicted octanol–water partition coefficient (Wildman–Crippen LogP) is 4.49. The fourth-order valence-corrected chi connectivity index (χ4v) is 4.39. The number of nitrogens with one attached hydrogen (secondary N) is 1. The molecule has 0 atom stereocenters. The molecule has 154 valence electrons. The highest BCUT2D eigenvalue weighted by atomic mass is 32.1. The molecule has 1 amide bonds. The second kappa shape index (κ2) is 9.19. The molecule has 4 aromatic rings. The molecule has 0 saturated heterocycles. The first-order valence-electron chi connectivity index (χ1n) is 9.35. The van der Waals surface area contributed by atoms with Gasteiger partial charge in [-0.2, -0.15) is 4.98 Å². The first-order chi connectivity index (χ1) is 14.6. The van der Waals surface area contributed by atoms with Crippen LogP contribution in [0.15, 0.2) is 46.3 Å². The number of carbonyl (C=O) groups excluding carboxylic acids is 1. The van der Waals surface area contributed by atoms with Gasteiger partial charge in [0, 0.05) is 28.7 Å². The van der Waals surface area contributed by atoms with Crippen LogP contribution < -0.4 is 10.1 Å². The monoisotopic (exact) mass is 440 g/mol. The average molecular weight is 441 g/mol. The number of thiophene rings is 1. The number of carbonyl (C=O) groups is 1. The Labute approximate surface area is 181 Å². The van der Waals surface area contributed by atoms with Gasteiger partial charge in [-0.25, -0.2) is 4.98 Å². The molecule has 0 spiro atoms. The van der Waals surface area contributed by atoms with Gasteiger partial charge in [-0.15, -0.1) is 22.7 Å². The van der Waals surface area contributed by atoms with E-state index in [0.29, 0.717) is 24.7 Å². The van der Waals surface area contributed by atoms with Gasteiger partial charge in [-0.1, -0.05) is 5.16 Å². The number of methoxy groups -OCH3 is 1. The zero-order valence-electron chi connectivity index (χ0n) is 16.5. The molecule has 1 aromatic carbocycles. The summed E-state index contributed by atoms with van der Waals surface area (Å²) in [7, 11) is 1.62. The molecule has 0 fully saturated rings. The van der Waals surface area contributed by atoms with E-state index < -0.39 is 0 Å². The Morgan fingerprint density at radius 3 is 2.73 bits per heavy atom. The van der Waals surface area contributed by atoms with E-state index in [-0.39, 0.29) is 12.3 Å². The number of hydrogen-bond donors (Lipinski definition) is 1. The Kier molecular flexibility index (Phi) is 6.20. The molecule has 4 rings (SSSR count). The maximum absolute atomic E-state index is 12.2. The summed E-state index contributed by atoms with van der Waals surface area (Å²) in [6, 6.07) is 11.5. The van der Waals surface area contributed by atoms with Crippen LogP contribution in [0.5, 0.6) is 5.75 Å². The van der Waals surface area contributed by atoms with Gasteiger partial charge in [0.25, 0.3) is 0 Å². The Morgan fingerprint density at radius 1 is 1.17 bits per heavy atom. The van der Waals surface area contributed by atoms with Crippen LogP contribution in [0.3, 0.4) is 0 Å². The van der Waals surface area contributed by atoms with Crippen molar-refractivity contribution in [1.29, 1.82) is 0 Å². The lowest BCUT2D eigenvalue weighted by Gasteiger charge is -2.01. The lowest BCUT2D eigenvalue weighted by Crippen LogP contribution is -2.22. The minimum absolute atomic E-state index is 0.0568. The number of benzene rings is 1. The number of aryl methyl sites for hydroxylation is 2. The van der Waals surface area contributed by atoms with Crippen molar-refractivity contribution < 1.29 is 14.1 Å². The van der Waals surface area contributed by atoms with E-state index in [0.717, 1.165) is 31.8 Å². The van der Waals surface area contributed by atoms with Gasteiger partial charge in [-0.3, -0.25) is 4.79 Å². The summed E-state index contributed by atoms with van der Waals surface area (Å²) in [5, 5.41) is 10.0. The summed E-state index contributed by atoms with van der Waals surface area (Å²) >= 11 is 3.27. The zero-order valence-corrected chi connectivity index (χ0v) is 18.2. The minimum atomic E-state index is -0.0568. The average Bonchev–Trinajstić information content (AvgIpc) is 3.51. The third-order valence-electron chi connectivity index (χ3n) is 4.38. The number of hydrogen-bond acceptors (Lipinski definition) is 8. The van der Waals surface area contributed by atoms with E-state index in [2.05, 4.69) is 20.4 Å². The van der Waals surface area contributed by atoms with Crippen LogP contribution >= 0.6 is 22.7 Å². The molecule has 0 radical (unpaired) electrons. The molecule has 1 N–H and O–H groups in total. The lowest BCUT2D eigenvalue weighted by molar-refractivity contribution is -0.121. The van der Waals surface area contributed by atoms with Crippen molar-refractivity contribution >= 4 is 28.6 Å². The Hall–Kier alpha value is -3.04. The first kappa shape index (κ1) is 20.2. The van der Waals surface area contributed by atoms with Crippen LogP contribution in [0.25, 0.3) is 22.0 Å². The van der Waals surface area contributed by atoms with Gasteiger partial charge < -0.3 is 14.6 Å². The molecular weight excluding hydrogens is 420 g/mol. The number of aromatic nitrogens is 3. The van der Waals surface area contributed by atoms with Crippen molar-refractivity contribution in [2.24, 2.45) is 0 Å². The standard InChI is InChI=1S/C21H20N4O3S2/c1-13-23-17(12-29-13)18-8-7-16(30-18)11-22-19(26)9-10-20-24-21(25-28-20)14-3-5-15(27-2)6-4-14/h3-8,12H,9-11H2,1-2H3,(H,22,26). The molecule has 0 unspecified atom stereocenters. The van der Waals surface area contributed by atoms with Crippen LogP contribution in [0, 0.1) is 6.92 Å².